The number of aromatic hydroxyl groups is 1. The van der Waals surface area contributed by atoms with Crippen LogP contribution in [-0.2, 0) is 6.42 Å². The second-order valence-electron chi connectivity index (χ2n) is 5.06. The molecule has 110 valence electrons. The smallest absolute Gasteiger partial charge is 0.153 e. The SMILES string of the molecule is Nc1cc(C=O)c(O)c2ncc(Cc3ccc(F)cc3)cc12. The van der Waals surface area contributed by atoms with Gasteiger partial charge in [0.05, 0.1) is 5.56 Å². The van der Waals surface area contributed by atoms with Crippen molar-refractivity contribution in [2.24, 2.45) is 0 Å². The Morgan fingerprint density at radius 1 is 1.18 bits per heavy atom. The molecule has 1 heterocycles. The van der Waals surface area contributed by atoms with Crippen molar-refractivity contribution in [3.05, 3.63) is 65.1 Å². The number of nitrogen functional groups attached to an aromatic ring is 1. The molecule has 0 saturated heterocycles. The molecule has 3 rings (SSSR count). The number of anilines is 1. The Balaban J connectivity index is 2.04. The van der Waals surface area contributed by atoms with E-state index in [2.05, 4.69) is 4.98 Å². The first-order chi connectivity index (χ1) is 10.6. The van der Waals surface area contributed by atoms with Crippen molar-refractivity contribution >= 4 is 22.9 Å². The van der Waals surface area contributed by atoms with Crippen molar-refractivity contribution in [1.29, 1.82) is 0 Å². The number of phenols is 1. The predicted molar refractivity (Wildman–Crippen MR) is 82.4 cm³/mol. The van der Waals surface area contributed by atoms with Crippen LogP contribution in [0, 0.1) is 5.82 Å². The number of nitrogens with two attached hydrogens (primary N) is 1. The van der Waals surface area contributed by atoms with Crippen LogP contribution in [0.15, 0.2) is 42.6 Å². The number of phenolic OH excluding ortho intramolecular Hbond substituents is 1. The monoisotopic (exact) mass is 296 g/mol. The van der Waals surface area contributed by atoms with E-state index in [9.17, 15) is 14.3 Å². The molecule has 2 aromatic carbocycles. The summed E-state index contributed by atoms with van der Waals surface area (Å²) >= 11 is 0. The summed E-state index contributed by atoms with van der Waals surface area (Å²) in [7, 11) is 0. The average Bonchev–Trinajstić information content (AvgIpc) is 2.53. The molecule has 22 heavy (non-hydrogen) atoms. The highest BCUT2D eigenvalue weighted by molar-refractivity contribution is 6.00. The molecule has 0 atom stereocenters. The zero-order valence-corrected chi connectivity index (χ0v) is 11.6. The van der Waals surface area contributed by atoms with Gasteiger partial charge < -0.3 is 10.8 Å². The van der Waals surface area contributed by atoms with E-state index in [1.807, 2.05) is 6.07 Å². The van der Waals surface area contributed by atoms with E-state index in [1.54, 1.807) is 18.3 Å². The summed E-state index contributed by atoms with van der Waals surface area (Å²) in [4.78, 5) is 15.1. The average molecular weight is 296 g/mol. The molecule has 4 nitrogen and oxygen atoms in total. The van der Waals surface area contributed by atoms with Gasteiger partial charge in [-0.3, -0.25) is 9.78 Å². The molecule has 0 aliphatic heterocycles. The third-order valence-corrected chi connectivity index (χ3v) is 3.51. The van der Waals surface area contributed by atoms with E-state index in [-0.39, 0.29) is 17.1 Å². The topological polar surface area (TPSA) is 76.2 Å². The van der Waals surface area contributed by atoms with Crippen LogP contribution in [0.1, 0.15) is 21.5 Å². The second-order valence-corrected chi connectivity index (χ2v) is 5.06. The molecule has 0 saturated carbocycles. The molecule has 3 N–H and O–H groups in total. The van der Waals surface area contributed by atoms with Gasteiger partial charge >= 0.3 is 0 Å². The summed E-state index contributed by atoms with van der Waals surface area (Å²) < 4.78 is 12.9. The molecule has 0 bridgehead atoms. The minimum absolute atomic E-state index is 0.115. The lowest BCUT2D eigenvalue weighted by Crippen LogP contribution is -1.96. The maximum Gasteiger partial charge on any atom is 0.153 e. The lowest BCUT2D eigenvalue weighted by Gasteiger charge is -2.09. The number of carbonyl (C=O) groups is 1. The number of rotatable bonds is 3. The van der Waals surface area contributed by atoms with Crippen molar-refractivity contribution in [2.75, 3.05) is 5.73 Å². The molecule has 3 aromatic rings. The van der Waals surface area contributed by atoms with Gasteiger partial charge in [-0.15, -0.1) is 0 Å². The van der Waals surface area contributed by atoms with Crippen LogP contribution in [0.25, 0.3) is 10.9 Å². The fourth-order valence-electron chi connectivity index (χ4n) is 2.39. The summed E-state index contributed by atoms with van der Waals surface area (Å²) in [6.45, 7) is 0. The summed E-state index contributed by atoms with van der Waals surface area (Å²) in [5.74, 6) is -0.455. The number of pyridine rings is 1. The van der Waals surface area contributed by atoms with Crippen molar-refractivity contribution in [1.82, 2.24) is 4.98 Å². The van der Waals surface area contributed by atoms with Crippen LogP contribution in [0.2, 0.25) is 0 Å². The molecular formula is C17H13FN2O2. The maximum absolute atomic E-state index is 12.9. The second kappa shape index (κ2) is 5.44. The maximum atomic E-state index is 12.9. The van der Waals surface area contributed by atoms with Crippen LogP contribution >= 0.6 is 0 Å². The van der Waals surface area contributed by atoms with Crippen molar-refractivity contribution < 1.29 is 14.3 Å². The molecule has 0 fully saturated rings. The van der Waals surface area contributed by atoms with Crippen LogP contribution in [-0.4, -0.2) is 16.4 Å². The first-order valence-corrected chi connectivity index (χ1v) is 6.68. The number of aldehydes is 1. The Labute approximate surface area is 126 Å². The van der Waals surface area contributed by atoms with Gasteiger partial charge in [0.25, 0.3) is 0 Å². The predicted octanol–water partition coefficient (Wildman–Crippen LogP) is 3.07. The van der Waals surface area contributed by atoms with Gasteiger partial charge in [-0.1, -0.05) is 12.1 Å². The van der Waals surface area contributed by atoms with Crippen molar-refractivity contribution in [2.45, 2.75) is 6.42 Å². The van der Waals surface area contributed by atoms with Crippen LogP contribution < -0.4 is 5.73 Å². The fourth-order valence-corrected chi connectivity index (χ4v) is 2.39. The lowest BCUT2D eigenvalue weighted by atomic mass is 10.0. The quantitative estimate of drug-likeness (QED) is 0.442. The van der Waals surface area contributed by atoms with E-state index in [0.717, 1.165) is 11.1 Å². The fraction of sp³-hybridized carbons (Fsp3) is 0.0588. The van der Waals surface area contributed by atoms with Gasteiger partial charge in [-0.05, 0) is 41.8 Å². The zero-order chi connectivity index (χ0) is 15.7. The first-order valence-electron chi connectivity index (χ1n) is 6.68. The van der Waals surface area contributed by atoms with Crippen LogP contribution in [0.5, 0.6) is 5.75 Å². The largest absolute Gasteiger partial charge is 0.505 e. The number of fused-ring (bicyclic) bond motifs is 1. The number of nitrogens with zero attached hydrogens (tertiary/aromatic N) is 1. The highest BCUT2D eigenvalue weighted by atomic mass is 19.1. The molecule has 0 aliphatic carbocycles. The molecule has 0 unspecified atom stereocenters. The van der Waals surface area contributed by atoms with Crippen molar-refractivity contribution in [3.63, 3.8) is 0 Å². The zero-order valence-electron chi connectivity index (χ0n) is 11.6. The van der Waals surface area contributed by atoms with Gasteiger partial charge in [0, 0.05) is 17.3 Å². The highest BCUT2D eigenvalue weighted by Gasteiger charge is 2.11. The molecule has 0 radical (unpaired) electrons. The Morgan fingerprint density at radius 2 is 1.91 bits per heavy atom. The van der Waals surface area contributed by atoms with E-state index >= 15 is 0 Å². The minimum atomic E-state index is -0.282. The van der Waals surface area contributed by atoms with Crippen LogP contribution in [0.4, 0.5) is 10.1 Å². The van der Waals surface area contributed by atoms with Gasteiger partial charge in [0.15, 0.2) is 12.0 Å². The molecule has 1 aromatic heterocycles. The lowest BCUT2D eigenvalue weighted by molar-refractivity contribution is 0.112. The normalized spacial score (nSPS) is 10.8. The highest BCUT2D eigenvalue weighted by Crippen LogP contribution is 2.31. The van der Waals surface area contributed by atoms with Gasteiger partial charge in [0.2, 0.25) is 0 Å². The van der Waals surface area contributed by atoms with E-state index < -0.39 is 0 Å². The number of hydrogen-bond acceptors (Lipinski definition) is 4. The number of halogens is 1. The molecule has 0 amide bonds. The number of carbonyl (C=O) groups excluding carboxylic acids is 1. The molecule has 0 aliphatic rings. The van der Waals surface area contributed by atoms with Gasteiger partial charge in [-0.25, -0.2) is 4.39 Å². The van der Waals surface area contributed by atoms with Gasteiger partial charge in [0.1, 0.15) is 11.3 Å². The summed E-state index contributed by atoms with van der Waals surface area (Å²) in [6.07, 6.45) is 2.72. The van der Waals surface area contributed by atoms with E-state index in [0.29, 0.717) is 29.3 Å². The van der Waals surface area contributed by atoms with Crippen molar-refractivity contribution in [3.8, 4) is 5.75 Å². The van der Waals surface area contributed by atoms with Crippen LogP contribution in [0.3, 0.4) is 0 Å². The van der Waals surface area contributed by atoms with E-state index in [4.69, 9.17) is 5.73 Å². The molecular weight excluding hydrogens is 283 g/mol. The standard InChI is InChI=1S/C17H13FN2O2/c18-13-3-1-10(2-4-13)5-11-6-14-15(19)7-12(9-21)17(22)16(14)20-8-11/h1-4,6-9,22H,5,19H2. The number of aromatic nitrogens is 1. The first kappa shape index (κ1) is 14.0. The number of benzene rings is 2. The molecule has 0 spiro atoms. The molecule has 5 heteroatoms. The van der Waals surface area contributed by atoms with E-state index in [1.165, 1.54) is 18.2 Å². The Bertz CT molecular complexity index is 861. The summed E-state index contributed by atoms with van der Waals surface area (Å²) in [6, 6.07) is 9.45. The Hall–Kier alpha value is -2.95. The number of hydrogen-bond donors (Lipinski definition) is 2. The third kappa shape index (κ3) is 2.48. The Kier molecular flexibility index (Phi) is 3.47. The minimum Gasteiger partial charge on any atom is -0.505 e. The van der Waals surface area contributed by atoms with Gasteiger partial charge in [-0.2, -0.15) is 0 Å². The Morgan fingerprint density at radius 3 is 2.59 bits per heavy atom. The third-order valence-electron chi connectivity index (χ3n) is 3.51. The summed E-state index contributed by atoms with van der Waals surface area (Å²) in [5, 5.41) is 10.6. The summed E-state index contributed by atoms with van der Waals surface area (Å²) in [5.41, 5.74) is 8.53.